The molecule has 0 aliphatic heterocycles. The number of carbonyl (C=O) groups excluding carboxylic acids is 2. The number of carbonyl (C=O) groups is 2. The van der Waals surface area contributed by atoms with Crippen LogP contribution in [0.1, 0.15) is 27.7 Å². The maximum Gasteiger partial charge on any atom is 0.189 e. The molecule has 0 N–H and O–H groups in total. The average molecular weight is 216 g/mol. The van der Waals surface area contributed by atoms with Crippen LogP contribution in [0.25, 0.3) is 0 Å². The van der Waals surface area contributed by atoms with Crippen LogP contribution in [-0.4, -0.2) is 11.6 Å². The largest absolute Gasteiger partial charge is 0.289 e. The van der Waals surface area contributed by atoms with Crippen molar-refractivity contribution in [2.24, 2.45) is 0 Å². The molecule has 0 heterocycles. The molecule has 0 radical (unpaired) electrons. The summed E-state index contributed by atoms with van der Waals surface area (Å²) in [6.45, 7) is 7.06. The smallest absolute Gasteiger partial charge is 0.189 e. The highest BCUT2D eigenvalue weighted by Gasteiger charge is 2.26. The molecule has 0 aromatic carbocycles. The van der Waals surface area contributed by atoms with Crippen molar-refractivity contribution in [1.29, 1.82) is 0 Å². The number of allylic oxidation sites excluding steroid dienone is 8. The Morgan fingerprint density at radius 3 is 1.31 bits per heavy atom. The Morgan fingerprint density at radius 1 is 0.750 bits per heavy atom. The zero-order valence-corrected chi connectivity index (χ0v) is 10.1. The van der Waals surface area contributed by atoms with Crippen molar-refractivity contribution >= 4 is 11.6 Å². The third kappa shape index (κ3) is 1.96. The van der Waals surface area contributed by atoms with E-state index < -0.39 is 0 Å². The first-order valence-corrected chi connectivity index (χ1v) is 5.31. The van der Waals surface area contributed by atoms with Crippen molar-refractivity contribution in [2.45, 2.75) is 27.7 Å². The normalized spacial score (nSPS) is 18.5. The van der Waals surface area contributed by atoms with E-state index in [1.54, 1.807) is 38.2 Å². The minimum Gasteiger partial charge on any atom is -0.289 e. The molecule has 0 spiro atoms. The molecule has 0 fully saturated rings. The lowest BCUT2D eigenvalue weighted by atomic mass is 9.85. The Bertz CT molecular complexity index is 413. The van der Waals surface area contributed by atoms with Gasteiger partial charge in [-0.2, -0.15) is 0 Å². The van der Waals surface area contributed by atoms with Gasteiger partial charge in [-0.1, -0.05) is 24.3 Å². The summed E-state index contributed by atoms with van der Waals surface area (Å²) in [7, 11) is 0. The van der Waals surface area contributed by atoms with Crippen molar-refractivity contribution in [3.63, 3.8) is 0 Å². The van der Waals surface area contributed by atoms with Crippen LogP contribution in [0, 0.1) is 0 Å². The van der Waals surface area contributed by atoms with E-state index in [0.29, 0.717) is 22.3 Å². The molecule has 0 bridgehead atoms. The van der Waals surface area contributed by atoms with Crippen molar-refractivity contribution in [3.05, 3.63) is 46.6 Å². The molecule has 2 nitrogen and oxygen atoms in total. The number of hydrogen-bond acceptors (Lipinski definition) is 2. The number of Topliss-reactive ketones (excluding diaryl/α,β-unsaturated/α-hetero) is 2. The van der Waals surface area contributed by atoms with Crippen LogP contribution in [-0.2, 0) is 9.59 Å². The van der Waals surface area contributed by atoms with Gasteiger partial charge in [0.15, 0.2) is 11.6 Å². The van der Waals surface area contributed by atoms with Crippen LogP contribution >= 0.6 is 0 Å². The Labute approximate surface area is 96.0 Å². The summed E-state index contributed by atoms with van der Waals surface area (Å²) in [4.78, 5) is 24.0. The second-order valence-electron chi connectivity index (χ2n) is 3.74. The first-order valence-electron chi connectivity index (χ1n) is 5.31. The maximum atomic E-state index is 12.0. The van der Waals surface area contributed by atoms with Crippen molar-refractivity contribution in [2.75, 3.05) is 0 Å². The van der Waals surface area contributed by atoms with Crippen LogP contribution in [0.3, 0.4) is 0 Å². The summed E-state index contributed by atoms with van der Waals surface area (Å²) in [5, 5.41) is 0. The average Bonchev–Trinajstić information content (AvgIpc) is 2.28. The molecular formula is C14H16O2. The third-order valence-corrected chi connectivity index (χ3v) is 2.65. The van der Waals surface area contributed by atoms with Crippen LogP contribution in [0.15, 0.2) is 46.6 Å². The van der Waals surface area contributed by atoms with Gasteiger partial charge < -0.3 is 0 Å². The van der Waals surface area contributed by atoms with E-state index in [2.05, 4.69) is 0 Å². The lowest BCUT2D eigenvalue weighted by Crippen LogP contribution is -2.20. The van der Waals surface area contributed by atoms with Gasteiger partial charge in [0.1, 0.15) is 0 Å². The Hall–Kier alpha value is -1.70. The summed E-state index contributed by atoms with van der Waals surface area (Å²) in [6, 6.07) is 0. The summed E-state index contributed by atoms with van der Waals surface area (Å²) < 4.78 is 0. The second kappa shape index (κ2) is 4.88. The van der Waals surface area contributed by atoms with Crippen LogP contribution in [0.5, 0.6) is 0 Å². The fourth-order valence-corrected chi connectivity index (χ4v) is 1.72. The molecule has 0 aromatic heterocycles. The number of rotatable bonds is 2. The van der Waals surface area contributed by atoms with Crippen LogP contribution in [0.2, 0.25) is 0 Å². The molecule has 1 aliphatic carbocycles. The standard InChI is InChI=1S/C14H16O2/c1-5-7-11-9(3)14(16)12(8-6-2)10(4)13(11)15/h5-8H,1-4H3/b7-5-,8-6-. The molecule has 0 saturated carbocycles. The first kappa shape index (κ1) is 12.4. The molecule has 16 heavy (non-hydrogen) atoms. The predicted molar refractivity (Wildman–Crippen MR) is 65.0 cm³/mol. The molecular weight excluding hydrogens is 200 g/mol. The molecule has 0 amide bonds. The highest BCUT2D eigenvalue weighted by Crippen LogP contribution is 2.25. The monoisotopic (exact) mass is 216 g/mol. The van der Waals surface area contributed by atoms with E-state index in [0.717, 1.165) is 0 Å². The van der Waals surface area contributed by atoms with Gasteiger partial charge in [-0.15, -0.1) is 0 Å². The van der Waals surface area contributed by atoms with E-state index in [1.165, 1.54) is 0 Å². The van der Waals surface area contributed by atoms with Gasteiger partial charge in [0.25, 0.3) is 0 Å². The number of hydrogen-bond donors (Lipinski definition) is 0. The van der Waals surface area contributed by atoms with E-state index in [9.17, 15) is 9.59 Å². The van der Waals surface area contributed by atoms with Crippen molar-refractivity contribution in [1.82, 2.24) is 0 Å². The molecule has 0 unspecified atom stereocenters. The molecule has 0 saturated heterocycles. The lowest BCUT2D eigenvalue weighted by Gasteiger charge is -2.16. The number of ketones is 2. The molecule has 1 aliphatic rings. The second-order valence-corrected chi connectivity index (χ2v) is 3.74. The van der Waals surface area contributed by atoms with Gasteiger partial charge in [-0.25, -0.2) is 0 Å². The summed E-state index contributed by atoms with van der Waals surface area (Å²) in [6.07, 6.45) is 6.95. The lowest BCUT2D eigenvalue weighted by molar-refractivity contribution is -0.116. The van der Waals surface area contributed by atoms with Gasteiger partial charge in [0.2, 0.25) is 0 Å². The van der Waals surface area contributed by atoms with Crippen molar-refractivity contribution < 1.29 is 9.59 Å². The molecule has 2 heteroatoms. The van der Waals surface area contributed by atoms with E-state index in [1.807, 2.05) is 13.8 Å². The quantitative estimate of drug-likeness (QED) is 0.665. The Morgan fingerprint density at radius 2 is 1.06 bits per heavy atom. The predicted octanol–water partition coefficient (Wildman–Crippen LogP) is 2.92. The van der Waals surface area contributed by atoms with Gasteiger partial charge >= 0.3 is 0 Å². The SMILES string of the molecule is C/C=C\C1=C(C)C(=O)C(/C=C\C)=C(C)C1=O. The molecule has 84 valence electrons. The van der Waals surface area contributed by atoms with Gasteiger partial charge in [0.05, 0.1) is 0 Å². The Balaban J connectivity index is 3.36. The summed E-state index contributed by atoms with van der Waals surface area (Å²) in [5.74, 6) is -0.105. The first-order chi connectivity index (χ1) is 7.54. The Kier molecular flexibility index (Phi) is 3.78. The fourth-order valence-electron chi connectivity index (χ4n) is 1.72. The van der Waals surface area contributed by atoms with Crippen LogP contribution < -0.4 is 0 Å². The zero-order chi connectivity index (χ0) is 12.3. The van der Waals surface area contributed by atoms with E-state index in [4.69, 9.17) is 0 Å². The van der Waals surface area contributed by atoms with Crippen LogP contribution in [0.4, 0.5) is 0 Å². The third-order valence-electron chi connectivity index (χ3n) is 2.65. The van der Waals surface area contributed by atoms with Gasteiger partial charge in [-0.05, 0) is 27.7 Å². The van der Waals surface area contributed by atoms with E-state index >= 15 is 0 Å². The van der Waals surface area contributed by atoms with Gasteiger partial charge in [-0.3, -0.25) is 9.59 Å². The highest BCUT2D eigenvalue weighted by atomic mass is 16.1. The van der Waals surface area contributed by atoms with E-state index in [-0.39, 0.29) is 11.6 Å². The zero-order valence-electron chi connectivity index (χ0n) is 10.1. The summed E-state index contributed by atoms with van der Waals surface area (Å²) >= 11 is 0. The van der Waals surface area contributed by atoms with Crippen molar-refractivity contribution in [3.8, 4) is 0 Å². The molecule has 0 atom stereocenters. The highest BCUT2D eigenvalue weighted by molar-refractivity contribution is 6.26. The summed E-state index contributed by atoms with van der Waals surface area (Å²) in [5.41, 5.74) is 2.08. The molecule has 0 aromatic rings. The minimum atomic E-state index is -0.0525. The minimum absolute atomic E-state index is 0.0525. The van der Waals surface area contributed by atoms with Gasteiger partial charge in [0, 0.05) is 22.3 Å². The fraction of sp³-hybridized carbons (Fsp3) is 0.286. The molecule has 1 rings (SSSR count). The maximum absolute atomic E-state index is 12.0. The topological polar surface area (TPSA) is 34.1 Å².